The second-order valence-electron chi connectivity index (χ2n) is 20.3. The van der Waals surface area contributed by atoms with E-state index in [0.29, 0.717) is 11.1 Å². The monoisotopic (exact) mass is 1300 g/mol. The van der Waals surface area contributed by atoms with E-state index in [1.54, 1.807) is 72.8 Å². The van der Waals surface area contributed by atoms with Gasteiger partial charge in [-0.15, -0.1) is 0 Å². The number of benzene rings is 6. The van der Waals surface area contributed by atoms with Crippen molar-refractivity contribution >= 4 is 112 Å². The summed E-state index contributed by atoms with van der Waals surface area (Å²) in [7, 11) is -13.0. The largest absolute Gasteiger partial charge is 0.408 e. The van der Waals surface area contributed by atoms with E-state index in [1.807, 2.05) is 60.7 Å². The number of hydrogen-bond acceptors (Lipinski definition) is 8. The maximum Gasteiger partial charge on any atom is 0.241 e. The Morgan fingerprint density at radius 3 is 0.931 bits per heavy atom. The Morgan fingerprint density at radius 1 is 0.431 bits per heavy atom. The number of halogens is 4. The second-order valence-corrected chi connectivity index (χ2v) is 36.9. The predicted molar refractivity (Wildman–Crippen MR) is 308 cm³/mol. The SMILES string of the molecule is CC(C)(C)[Si](C)(C)O[C@@H](c1ccc(Br)cc1)[C@@H](NS(=O)(=O)c1ccc(Br)cc1)C(=O)c1ccccc1.CC(C)(C)[Si](C)(C)O[C@H](c1ccc(Br)cc1)[C@H](NS(=O)(=O)c1ccc(Br)cc1)C(=O)c1ccccc1. The van der Waals surface area contributed by atoms with Gasteiger partial charge in [-0.1, -0.05) is 190 Å². The van der Waals surface area contributed by atoms with Crippen LogP contribution in [0.25, 0.3) is 0 Å². The minimum atomic E-state index is -4.05. The Labute approximate surface area is 462 Å². The maximum atomic E-state index is 13.9. The van der Waals surface area contributed by atoms with Gasteiger partial charge in [0.15, 0.2) is 28.2 Å². The second kappa shape index (κ2) is 24.6. The normalized spacial score (nSPS) is 14.3. The molecule has 384 valence electrons. The maximum absolute atomic E-state index is 13.9. The fourth-order valence-corrected chi connectivity index (χ4v) is 12.7. The van der Waals surface area contributed by atoms with Crippen LogP contribution in [0.4, 0.5) is 0 Å². The number of rotatable bonds is 18. The van der Waals surface area contributed by atoms with Gasteiger partial charge >= 0.3 is 0 Å². The molecule has 6 aromatic carbocycles. The quantitative estimate of drug-likeness (QED) is 0.0639. The molecule has 10 nitrogen and oxygen atoms in total. The van der Waals surface area contributed by atoms with Crippen LogP contribution < -0.4 is 9.44 Å². The molecule has 0 radical (unpaired) electrons. The summed E-state index contributed by atoms with van der Waals surface area (Å²) in [5.41, 5.74) is 2.25. The molecule has 0 saturated heterocycles. The van der Waals surface area contributed by atoms with Gasteiger partial charge in [-0.25, -0.2) is 16.8 Å². The van der Waals surface area contributed by atoms with Crippen LogP contribution in [0, 0.1) is 0 Å². The highest BCUT2D eigenvalue weighted by atomic mass is 79.9. The molecule has 2 N–H and O–H groups in total. The van der Waals surface area contributed by atoms with E-state index in [4.69, 9.17) is 8.85 Å². The summed E-state index contributed by atoms with van der Waals surface area (Å²) in [6.07, 6.45) is -1.67. The van der Waals surface area contributed by atoms with E-state index in [-0.39, 0.29) is 31.4 Å². The molecule has 0 heterocycles. The lowest BCUT2D eigenvalue weighted by atomic mass is 9.96. The highest BCUT2D eigenvalue weighted by molar-refractivity contribution is 9.11. The molecule has 0 aliphatic carbocycles. The first-order valence-electron chi connectivity index (χ1n) is 23.0. The molecule has 72 heavy (non-hydrogen) atoms. The fraction of sp³-hybridized carbons (Fsp3) is 0.296. The lowest BCUT2D eigenvalue weighted by Crippen LogP contribution is -2.50. The van der Waals surface area contributed by atoms with E-state index in [9.17, 15) is 26.4 Å². The van der Waals surface area contributed by atoms with Gasteiger partial charge in [-0.2, -0.15) is 9.44 Å². The van der Waals surface area contributed by atoms with Crippen molar-refractivity contribution < 1.29 is 35.3 Å². The first-order valence-corrected chi connectivity index (χ1v) is 35.0. The molecule has 6 rings (SSSR count). The zero-order valence-corrected chi connectivity index (χ0v) is 51.9. The molecule has 0 aliphatic heterocycles. The Morgan fingerprint density at radius 2 is 0.681 bits per heavy atom. The predicted octanol–water partition coefficient (Wildman–Crippen LogP) is 15.0. The molecule has 0 amide bonds. The summed E-state index contributed by atoms with van der Waals surface area (Å²) >= 11 is 13.6. The summed E-state index contributed by atoms with van der Waals surface area (Å²) in [5, 5.41) is -0.322. The summed E-state index contributed by atoms with van der Waals surface area (Å²) in [4.78, 5) is 28.0. The van der Waals surface area contributed by atoms with Crippen molar-refractivity contribution in [3.63, 3.8) is 0 Å². The van der Waals surface area contributed by atoms with Crippen molar-refractivity contribution in [1.29, 1.82) is 0 Å². The van der Waals surface area contributed by atoms with Crippen LogP contribution in [-0.2, 0) is 28.9 Å². The minimum Gasteiger partial charge on any atom is -0.408 e. The molecule has 0 aliphatic rings. The Balaban J connectivity index is 0.000000267. The van der Waals surface area contributed by atoms with E-state index in [1.165, 1.54) is 24.3 Å². The number of nitrogens with one attached hydrogen (secondary N) is 2. The average molecular weight is 1310 g/mol. The van der Waals surface area contributed by atoms with Gasteiger partial charge in [0.25, 0.3) is 0 Å². The molecule has 0 bridgehead atoms. The molecule has 6 aromatic rings. The lowest BCUT2D eigenvalue weighted by molar-refractivity contribution is 0.0805. The summed E-state index contributed by atoms with van der Waals surface area (Å²) in [6.45, 7) is 21.0. The van der Waals surface area contributed by atoms with Gasteiger partial charge in [0.05, 0.1) is 22.0 Å². The Kier molecular flexibility index (Phi) is 20.4. The highest BCUT2D eigenvalue weighted by Crippen LogP contribution is 2.43. The van der Waals surface area contributed by atoms with Gasteiger partial charge in [-0.05, 0) is 120 Å². The van der Waals surface area contributed by atoms with Crippen LogP contribution in [0.5, 0.6) is 0 Å². The molecule has 0 saturated carbocycles. The number of sulfonamides is 2. The highest BCUT2D eigenvalue weighted by Gasteiger charge is 2.46. The number of hydrogen-bond donors (Lipinski definition) is 2. The number of carbonyl (C=O) groups excluding carboxylic acids is 2. The zero-order valence-electron chi connectivity index (χ0n) is 41.9. The van der Waals surface area contributed by atoms with Crippen molar-refractivity contribution in [2.45, 2.75) is 112 Å². The van der Waals surface area contributed by atoms with Gasteiger partial charge < -0.3 is 8.85 Å². The fourth-order valence-electron chi connectivity index (χ4n) is 6.72. The van der Waals surface area contributed by atoms with Crippen molar-refractivity contribution in [2.24, 2.45) is 0 Å². The summed E-state index contributed by atoms with van der Waals surface area (Å²) < 4.78 is 76.3. The van der Waals surface area contributed by atoms with Crippen molar-refractivity contribution in [3.8, 4) is 0 Å². The minimum absolute atomic E-state index is 0.0680. The molecular weight excluding hydrogens is 1240 g/mol. The molecular formula is C54H62Br4N2O8S2Si2. The zero-order chi connectivity index (χ0) is 53.5. The van der Waals surface area contributed by atoms with Crippen LogP contribution in [-0.4, -0.2) is 57.1 Å². The van der Waals surface area contributed by atoms with E-state index in [0.717, 1.165) is 29.0 Å². The van der Waals surface area contributed by atoms with Gasteiger partial charge in [0, 0.05) is 29.0 Å². The third-order valence-electron chi connectivity index (χ3n) is 13.0. The van der Waals surface area contributed by atoms with Crippen LogP contribution in [0.15, 0.2) is 185 Å². The molecule has 4 atom stereocenters. The van der Waals surface area contributed by atoms with E-state index in [2.05, 4.69) is 141 Å². The first-order chi connectivity index (χ1) is 33.4. The number of ketones is 2. The molecule has 0 spiro atoms. The van der Waals surface area contributed by atoms with Crippen LogP contribution >= 0.6 is 63.7 Å². The van der Waals surface area contributed by atoms with Crippen LogP contribution in [0.1, 0.15) is 85.6 Å². The lowest BCUT2D eigenvalue weighted by Gasteiger charge is -2.41. The van der Waals surface area contributed by atoms with Crippen LogP contribution in [0.2, 0.25) is 36.3 Å². The number of Topliss-reactive ketones (excluding diaryl/α,β-unsaturated/α-hetero) is 2. The van der Waals surface area contributed by atoms with Gasteiger partial charge in [0.2, 0.25) is 20.0 Å². The van der Waals surface area contributed by atoms with E-state index >= 15 is 0 Å². The first kappa shape index (κ1) is 59.6. The smallest absolute Gasteiger partial charge is 0.241 e. The van der Waals surface area contributed by atoms with Gasteiger partial charge in [-0.3, -0.25) is 9.59 Å². The van der Waals surface area contributed by atoms with Crippen LogP contribution in [0.3, 0.4) is 0 Å². The molecule has 0 fully saturated rings. The topological polar surface area (TPSA) is 145 Å². The summed E-state index contributed by atoms with van der Waals surface area (Å²) in [5.74, 6) is -0.717. The van der Waals surface area contributed by atoms with E-state index < -0.39 is 61.0 Å². The standard InChI is InChI=1S/2C27H31Br2NO4SSi/c2*1-27(2,3)36(4,5)34-26(20-11-13-21(28)14-12-20)24(25(31)19-9-7-6-8-10-19)30-35(32,33)23-17-15-22(29)16-18-23/h2*6-18,24,26,30H,1-5H3/t2*24-,26-/m10/s1. The summed E-state index contributed by atoms with van der Waals surface area (Å²) in [6, 6.07) is 42.6. The molecule has 0 unspecified atom stereocenters. The Bertz CT molecular complexity index is 2790. The van der Waals surface area contributed by atoms with Crippen molar-refractivity contribution in [1.82, 2.24) is 9.44 Å². The Hall–Kier alpha value is -3.25. The number of carbonyl (C=O) groups is 2. The average Bonchev–Trinajstić information content (AvgIpc) is 3.32. The van der Waals surface area contributed by atoms with Gasteiger partial charge in [0.1, 0.15) is 12.1 Å². The molecule has 0 aromatic heterocycles. The third kappa shape index (κ3) is 15.9. The third-order valence-corrected chi connectivity index (χ3v) is 26.9. The van der Waals surface area contributed by atoms with Crippen molar-refractivity contribution in [3.05, 3.63) is 198 Å². The molecule has 18 heteroatoms. The van der Waals surface area contributed by atoms with Crippen molar-refractivity contribution in [2.75, 3.05) is 0 Å².